The minimum Gasteiger partial charge on any atom is -0.458 e. The van der Waals surface area contributed by atoms with Crippen LogP contribution >= 0.6 is 0 Å². The van der Waals surface area contributed by atoms with Crippen molar-refractivity contribution >= 4 is 5.97 Å². The van der Waals surface area contributed by atoms with Crippen molar-refractivity contribution < 1.29 is 9.53 Å². The van der Waals surface area contributed by atoms with Gasteiger partial charge in [0.05, 0.1) is 0 Å². The van der Waals surface area contributed by atoms with E-state index in [4.69, 9.17) is 4.74 Å². The van der Waals surface area contributed by atoms with Crippen LogP contribution in [-0.4, -0.2) is 12.6 Å². The summed E-state index contributed by atoms with van der Waals surface area (Å²) in [4.78, 5) is 11.0. The Morgan fingerprint density at radius 2 is 2.27 bits per heavy atom. The highest BCUT2D eigenvalue weighted by Crippen LogP contribution is 1.97. The van der Waals surface area contributed by atoms with Gasteiger partial charge in [0, 0.05) is 5.57 Å². The van der Waals surface area contributed by atoms with Gasteiger partial charge in [-0.2, -0.15) is 0 Å². The van der Waals surface area contributed by atoms with Gasteiger partial charge in [0.2, 0.25) is 0 Å². The topological polar surface area (TPSA) is 26.3 Å². The summed E-state index contributed by atoms with van der Waals surface area (Å²) in [6, 6.07) is 0. The van der Waals surface area contributed by atoms with Crippen molar-refractivity contribution in [3.8, 4) is 0 Å². The third-order valence-corrected chi connectivity index (χ3v) is 1.16. The van der Waals surface area contributed by atoms with Crippen molar-refractivity contribution in [2.24, 2.45) is 0 Å². The molecule has 0 aliphatic carbocycles. The highest BCUT2D eigenvalue weighted by Gasteiger charge is 2.01. The van der Waals surface area contributed by atoms with Gasteiger partial charge in [0.15, 0.2) is 0 Å². The number of esters is 1. The summed E-state index contributed by atoms with van der Waals surface area (Å²) in [5.74, 6) is -0.258. The molecule has 0 spiro atoms. The second-order valence-corrected chi connectivity index (χ2v) is 2.18. The fourth-order valence-electron chi connectivity index (χ4n) is 0.638. The van der Waals surface area contributed by atoms with E-state index in [1.165, 1.54) is 0 Å². The first kappa shape index (κ1) is 9.95. The molecule has 0 radical (unpaired) electrons. The van der Waals surface area contributed by atoms with E-state index in [2.05, 4.69) is 6.58 Å². The molecule has 0 atom stereocenters. The second kappa shape index (κ2) is 5.71. The van der Waals surface area contributed by atoms with Crippen LogP contribution in [0.4, 0.5) is 0 Å². The molecule has 2 nitrogen and oxygen atoms in total. The van der Waals surface area contributed by atoms with Crippen molar-refractivity contribution in [1.82, 2.24) is 0 Å². The maximum atomic E-state index is 11.0. The van der Waals surface area contributed by atoms with E-state index in [0.717, 1.165) is 6.42 Å². The maximum Gasteiger partial charge on any atom is 0.333 e. The van der Waals surface area contributed by atoms with Crippen LogP contribution in [0.2, 0.25) is 0 Å². The van der Waals surface area contributed by atoms with Gasteiger partial charge < -0.3 is 4.74 Å². The van der Waals surface area contributed by atoms with Crippen molar-refractivity contribution in [1.29, 1.82) is 0 Å². The summed E-state index contributed by atoms with van der Waals surface area (Å²) in [5, 5.41) is 0. The van der Waals surface area contributed by atoms with E-state index in [1.807, 2.05) is 13.0 Å². The average Bonchev–Trinajstić information content (AvgIpc) is 2.00. The standard InChI is InChI=1S/C9H14O2/c1-4-6-8(3)9(10)11-7-5-2/h5-6H,2,4,7H2,1,3H3/b8-6+. The number of allylic oxidation sites excluding steroid dienone is 1. The molecule has 0 amide bonds. The largest absolute Gasteiger partial charge is 0.458 e. The highest BCUT2D eigenvalue weighted by atomic mass is 16.5. The Kier molecular flexibility index (Phi) is 5.17. The molecule has 0 bridgehead atoms. The van der Waals surface area contributed by atoms with Gasteiger partial charge in [-0.3, -0.25) is 0 Å². The smallest absolute Gasteiger partial charge is 0.333 e. The Morgan fingerprint density at radius 3 is 2.73 bits per heavy atom. The summed E-state index contributed by atoms with van der Waals surface area (Å²) < 4.78 is 4.78. The molecule has 0 fully saturated rings. The van der Waals surface area contributed by atoms with Crippen LogP contribution in [0.3, 0.4) is 0 Å². The van der Waals surface area contributed by atoms with Crippen LogP contribution in [0.1, 0.15) is 20.3 Å². The lowest BCUT2D eigenvalue weighted by Gasteiger charge is -1.99. The van der Waals surface area contributed by atoms with E-state index >= 15 is 0 Å². The summed E-state index contributed by atoms with van der Waals surface area (Å²) in [7, 11) is 0. The molecule has 0 aromatic rings. The lowest BCUT2D eigenvalue weighted by molar-refractivity contribution is -0.137. The predicted molar refractivity (Wildman–Crippen MR) is 45.2 cm³/mol. The van der Waals surface area contributed by atoms with Crippen molar-refractivity contribution in [2.45, 2.75) is 20.3 Å². The molecule has 0 saturated heterocycles. The fourth-order valence-corrected chi connectivity index (χ4v) is 0.638. The Labute approximate surface area is 67.6 Å². The molecular formula is C9H14O2. The number of ether oxygens (including phenoxy) is 1. The SMILES string of the molecule is C=CCOC(=O)/C(C)=C/CC. The van der Waals surface area contributed by atoms with E-state index in [9.17, 15) is 4.79 Å². The minimum absolute atomic E-state index is 0.258. The highest BCUT2D eigenvalue weighted by molar-refractivity contribution is 5.87. The van der Waals surface area contributed by atoms with E-state index in [1.54, 1.807) is 13.0 Å². The van der Waals surface area contributed by atoms with Crippen LogP contribution in [0.15, 0.2) is 24.3 Å². The van der Waals surface area contributed by atoms with Gasteiger partial charge in [-0.1, -0.05) is 25.7 Å². The third kappa shape index (κ3) is 4.37. The summed E-state index contributed by atoms with van der Waals surface area (Å²) in [6.07, 6.45) is 4.25. The minimum atomic E-state index is -0.258. The molecule has 0 heterocycles. The zero-order valence-corrected chi connectivity index (χ0v) is 7.09. The van der Waals surface area contributed by atoms with Crippen molar-refractivity contribution in [3.63, 3.8) is 0 Å². The molecule has 0 N–H and O–H groups in total. The average molecular weight is 154 g/mol. The fraction of sp³-hybridized carbons (Fsp3) is 0.444. The molecule has 2 heteroatoms. The Bertz CT molecular complexity index is 168. The summed E-state index contributed by atoms with van der Waals surface area (Å²) in [5.41, 5.74) is 0.661. The van der Waals surface area contributed by atoms with Crippen molar-refractivity contribution in [2.75, 3.05) is 6.61 Å². The lowest BCUT2D eigenvalue weighted by atomic mass is 10.2. The third-order valence-electron chi connectivity index (χ3n) is 1.16. The van der Waals surface area contributed by atoms with E-state index < -0.39 is 0 Å². The van der Waals surface area contributed by atoms with Gasteiger partial charge in [-0.15, -0.1) is 0 Å². The number of carbonyl (C=O) groups excluding carboxylic acids is 1. The van der Waals surface area contributed by atoms with Crippen LogP contribution in [0.5, 0.6) is 0 Å². The van der Waals surface area contributed by atoms with Gasteiger partial charge in [0.25, 0.3) is 0 Å². The van der Waals surface area contributed by atoms with Gasteiger partial charge >= 0.3 is 5.97 Å². The molecule has 0 aromatic carbocycles. The Morgan fingerprint density at radius 1 is 1.64 bits per heavy atom. The monoisotopic (exact) mass is 154 g/mol. The normalized spacial score (nSPS) is 10.9. The zero-order valence-electron chi connectivity index (χ0n) is 7.09. The summed E-state index contributed by atoms with van der Waals surface area (Å²) in [6.45, 7) is 7.45. The molecule has 62 valence electrons. The number of hydrogen-bond acceptors (Lipinski definition) is 2. The zero-order chi connectivity index (χ0) is 8.69. The predicted octanol–water partition coefficient (Wildman–Crippen LogP) is 2.07. The van der Waals surface area contributed by atoms with E-state index in [0.29, 0.717) is 5.57 Å². The van der Waals surface area contributed by atoms with Crippen molar-refractivity contribution in [3.05, 3.63) is 24.3 Å². The first-order chi connectivity index (χ1) is 5.22. The first-order valence-corrected chi connectivity index (χ1v) is 3.67. The quantitative estimate of drug-likeness (QED) is 0.352. The molecule has 0 aliphatic rings. The second-order valence-electron chi connectivity index (χ2n) is 2.18. The number of hydrogen-bond donors (Lipinski definition) is 0. The van der Waals surface area contributed by atoms with Gasteiger partial charge in [-0.25, -0.2) is 4.79 Å². The number of carbonyl (C=O) groups is 1. The first-order valence-electron chi connectivity index (χ1n) is 3.67. The molecular weight excluding hydrogens is 140 g/mol. The molecule has 0 rings (SSSR count). The molecule has 11 heavy (non-hydrogen) atoms. The maximum absolute atomic E-state index is 11.0. The Hall–Kier alpha value is -1.05. The van der Waals surface area contributed by atoms with Crippen LogP contribution < -0.4 is 0 Å². The molecule has 0 aliphatic heterocycles. The van der Waals surface area contributed by atoms with Gasteiger partial charge in [-0.05, 0) is 13.3 Å². The van der Waals surface area contributed by atoms with Crippen LogP contribution in [-0.2, 0) is 9.53 Å². The van der Waals surface area contributed by atoms with E-state index in [-0.39, 0.29) is 12.6 Å². The van der Waals surface area contributed by atoms with Gasteiger partial charge in [0.1, 0.15) is 6.61 Å². The lowest BCUT2D eigenvalue weighted by Crippen LogP contribution is -2.05. The number of rotatable bonds is 4. The summed E-state index contributed by atoms with van der Waals surface area (Å²) >= 11 is 0. The molecule has 0 saturated carbocycles. The Balaban J connectivity index is 3.82. The van der Waals surface area contributed by atoms with Crippen LogP contribution in [0, 0.1) is 0 Å². The van der Waals surface area contributed by atoms with Crippen LogP contribution in [0.25, 0.3) is 0 Å². The molecule has 0 unspecified atom stereocenters. The molecule has 0 aromatic heterocycles.